The van der Waals surface area contributed by atoms with Crippen LogP contribution in [0.4, 0.5) is 5.69 Å². The number of hydrogen-bond donors (Lipinski definition) is 1. The molecule has 0 aliphatic carbocycles. The molecule has 1 atom stereocenters. The van der Waals surface area contributed by atoms with E-state index in [1.807, 2.05) is 18.2 Å². The second-order valence-electron chi connectivity index (χ2n) is 7.16. The first-order valence-electron chi connectivity index (χ1n) is 9.37. The minimum atomic E-state index is -0.0414. The van der Waals surface area contributed by atoms with Crippen LogP contribution in [0.15, 0.2) is 42.5 Å². The van der Waals surface area contributed by atoms with Gasteiger partial charge in [0.15, 0.2) is 11.5 Å². The lowest BCUT2D eigenvalue weighted by Crippen LogP contribution is -2.20. The van der Waals surface area contributed by atoms with Gasteiger partial charge in [-0.05, 0) is 60.7 Å². The Bertz CT molecular complexity index is 774. The maximum Gasteiger partial charge on any atom is 0.221 e. The third-order valence-electron chi connectivity index (χ3n) is 5.02. The summed E-state index contributed by atoms with van der Waals surface area (Å²) in [4.78, 5) is 13.6. The summed E-state index contributed by atoms with van der Waals surface area (Å²) >= 11 is 0. The van der Waals surface area contributed by atoms with E-state index >= 15 is 0 Å². The number of rotatable bonds is 7. The zero-order chi connectivity index (χ0) is 19.2. The normalized spacial score (nSPS) is 16.9. The molecule has 1 N–H and O–H groups in total. The zero-order valence-electron chi connectivity index (χ0n) is 16.3. The van der Waals surface area contributed by atoms with Crippen molar-refractivity contribution in [3.8, 4) is 11.5 Å². The Labute approximate surface area is 161 Å². The highest BCUT2D eigenvalue weighted by Gasteiger charge is 2.23. The highest BCUT2D eigenvalue weighted by Crippen LogP contribution is 2.30. The van der Waals surface area contributed by atoms with Crippen LogP contribution in [0.1, 0.15) is 24.5 Å². The van der Waals surface area contributed by atoms with Crippen molar-refractivity contribution < 1.29 is 14.3 Å². The van der Waals surface area contributed by atoms with Crippen molar-refractivity contribution in [2.24, 2.45) is 5.92 Å². The second-order valence-corrected chi connectivity index (χ2v) is 7.16. The molecule has 0 spiro atoms. The number of likely N-dealkylation sites (tertiary alicyclic amines) is 1. The van der Waals surface area contributed by atoms with Crippen LogP contribution in [0, 0.1) is 5.92 Å². The highest BCUT2D eigenvalue weighted by atomic mass is 16.5. The molecule has 1 aliphatic heterocycles. The van der Waals surface area contributed by atoms with Crippen molar-refractivity contribution >= 4 is 11.6 Å². The van der Waals surface area contributed by atoms with E-state index in [2.05, 4.69) is 34.5 Å². The molecule has 3 rings (SSSR count). The Kier molecular flexibility index (Phi) is 6.35. The van der Waals surface area contributed by atoms with Gasteiger partial charge < -0.3 is 14.8 Å². The van der Waals surface area contributed by atoms with Gasteiger partial charge in [-0.15, -0.1) is 0 Å². The SMILES string of the molecule is COc1ccc(CC2CCN(Cc3ccc(NC(C)=O)cc3)C2)cc1OC. The molecule has 0 bridgehead atoms. The van der Waals surface area contributed by atoms with Gasteiger partial charge in [0.1, 0.15) is 0 Å². The van der Waals surface area contributed by atoms with Crippen molar-refractivity contribution in [3.63, 3.8) is 0 Å². The van der Waals surface area contributed by atoms with Crippen molar-refractivity contribution in [1.29, 1.82) is 0 Å². The number of anilines is 1. The Hall–Kier alpha value is -2.53. The van der Waals surface area contributed by atoms with Gasteiger partial charge in [-0.25, -0.2) is 0 Å². The Morgan fingerprint density at radius 1 is 1.07 bits per heavy atom. The molecule has 1 aliphatic rings. The number of amides is 1. The quantitative estimate of drug-likeness (QED) is 0.809. The summed E-state index contributed by atoms with van der Waals surface area (Å²) in [6.07, 6.45) is 2.26. The molecule has 2 aromatic rings. The number of nitrogens with one attached hydrogen (secondary N) is 1. The third-order valence-corrected chi connectivity index (χ3v) is 5.02. The Balaban J connectivity index is 1.53. The fraction of sp³-hybridized carbons (Fsp3) is 0.409. The first-order chi connectivity index (χ1) is 13.1. The summed E-state index contributed by atoms with van der Waals surface area (Å²) in [6, 6.07) is 14.3. The lowest BCUT2D eigenvalue weighted by atomic mass is 9.98. The molecule has 27 heavy (non-hydrogen) atoms. The van der Waals surface area contributed by atoms with E-state index in [1.54, 1.807) is 14.2 Å². The van der Waals surface area contributed by atoms with Crippen molar-refractivity contribution in [1.82, 2.24) is 4.90 Å². The van der Waals surface area contributed by atoms with Crippen LogP contribution < -0.4 is 14.8 Å². The number of carbonyl (C=O) groups excluding carboxylic acids is 1. The Morgan fingerprint density at radius 3 is 2.44 bits per heavy atom. The van der Waals surface area contributed by atoms with Gasteiger partial charge in [0, 0.05) is 25.7 Å². The van der Waals surface area contributed by atoms with Gasteiger partial charge in [0.25, 0.3) is 0 Å². The van der Waals surface area contributed by atoms with E-state index in [-0.39, 0.29) is 5.91 Å². The predicted octanol–water partition coefficient (Wildman–Crippen LogP) is 3.73. The predicted molar refractivity (Wildman–Crippen MR) is 107 cm³/mol. The maximum absolute atomic E-state index is 11.1. The topological polar surface area (TPSA) is 50.8 Å². The lowest BCUT2D eigenvalue weighted by Gasteiger charge is -2.17. The first-order valence-corrected chi connectivity index (χ1v) is 9.37. The molecule has 144 valence electrons. The van der Waals surface area contributed by atoms with Crippen LogP contribution in [0.2, 0.25) is 0 Å². The van der Waals surface area contributed by atoms with Gasteiger partial charge in [0.2, 0.25) is 5.91 Å². The molecular formula is C22H28N2O3. The molecule has 0 radical (unpaired) electrons. The molecule has 1 saturated heterocycles. The van der Waals surface area contributed by atoms with Crippen LogP contribution in [0.25, 0.3) is 0 Å². The molecule has 5 heteroatoms. The average molecular weight is 368 g/mol. The second kappa shape index (κ2) is 8.91. The number of nitrogens with zero attached hydrogens (tertiary/aromatic N) is 1. The molecule has 0 aromatic heterocycles. The maximum atomic E-state index is 11.1. The van der Waals surface area contributed by atoms with Crippen LogP contribution >= 0.6 is 0 Å². The van der Waals surface area contributed by atoms with E-state index in [0.717, 1.165) is 43.2 Å². The number of methoxy groups -OCH3 is 2. The van der Waals surface area contributed by atoms with Gasteiger partial charge in [0.05, 0.1) is 14.2 Å². The van der Waals surface area contributed by atoms with Gasteiger partial charge in [-0.2, -0.15) is 0 Å². The number of ether oxygens (including phenoxy) is 2. The monoisotopic (exact) mass is 368 g/mol. The summed E-state index contributed by atoms with van der Waals surface area (Å²) in [5, 5.41) is 2.81. The Morgan fingerprint density at radius 2 is 1.78 bits per heavy atom. The van der Waals surface area contributed by atoms with Crippen molar-refractivity contribution in [2.45, 2.75) is 26.3 Å². The van der Waals surface area contributed by atoms with Crippen LogP contribution in [0.3, 0.4) is 0 Å². The highest BCUT2D eigenvalue weighted by molar-refractivity contribution is 5.88. The standard InChI is InChI=1S/C22H28N2O3/c1-16(25)23-20-7-4-17(5-8-20)14-24-11-10-19(15-24)12-18-6-9-21(26-2)22(13-18)27-3/h4-9,13,19H,10-12,14-15H2,1-3H3,(H,23,25). The molecule has 1 unspecified atom stereocenters. The van der Waals surface area contributed by atoms with E-state index in [0.29, 0.717) is 5.92 Å². The van der Waals surface area contributed by atoms with E-state index < -0.39 is 0 Å². The third kappa shape index (κ3) is 5.23. The number of hydrogen-bond acceptors (Lipinski definition) is 4. The summed E-state index contributed by atoms with van der Waals surface area (Å²) in [5.74, 6) is 2.18. The van der Waals surface area contributed by atoms with E-state index in [9.17, 15) is 4.79 Å². The van der Waals surface area contributed by atoms with Gasteiger partial charge >= 0.3 is 0 Å². The molecule has 1 heterocycles. The van der Waals surface area contributed by atoms with Crippen molar-refractivity contribution in [3.05, 3.63) is 53.6 Å². The van der Waals surface area contributed by atoms with Crippen LogP contribution in [-0.4, -0.2) is 38.1 Å². The first kappa shape index (κ1) is 19.2. The van der Waals surface area contributed by atoms with E-state index in [1.165, 1.54) is 24.5 Å². The molecule has 5 nitrogen and oxygen atoms in total. The summed E-state index contributed by atoms with van der Waals surface area (Å²) in [5.41, 5.74) is 3.41. The van der Waals surface area contributed by atoms with E-state index in [4.69, 9.17) is 9.47 Å². The zero-order valence-corrected chi connectivity index (χ0v) is 16.3. The average Bonchev–Trinajstić information content (AvgIpc) is 3.09. The number of carbonyl (C=O) groups is 1. The fourth-order valence-electron chi connectivity index (χ4n) is 3.72. The molecule has 1 fully saturated rings. The minimum Gasteiger partial charge on any atom is -0.493 e. The van der Waals surface area contributed by atoms with Crippen LogP contribution in [0.5, 0.6) is 11.5 Å². The smallest absolute Gasteiger partial charge is 0.221 e. The van der Waals surface area contributed by atoms with Crippen LogP contribution in [-0.2, 0) is 17.8 Å². The van der Waals surface area contributed by atoms with Crippen molar-refractivity contribution in [2.75, 3.05) is 32.6 Å². The van der Waals surface area contributed by atoms with Gasteiger partial charge in [-0.3, -0.25) is 9.69 Å². The van der Waals surface area contributed by atoms with Gasteiger partial charge in [-0.1, -0.05) is 18.2 Å². The fourth-order valence-corrected chi connectivity index (χ4v) is 3.72. The molecular weight excluding hydrogens is 340 g/mol. The molecule has 1 amide bonds. The summed E-state index contributed by atoms with van der Waals surface area (Å²) in [6.45, 7) is 4.69. The minimum absolute atomic E-state index is 0.0414. The largest absolute Gasteiger partial charge is 0.493 e. The summed E-state index contributed by atoms with van der Waals surface area (Å²) in [7, 11) is 3.34. The molecule has 2 aromatic carbocycles. The lowest BCUT2D eigenvalue weighted by molar-refractivity contribution is -0.114. The number of benzene rings is 2. The summed E-state index contributed by atoms with van der Waals surface area (Å²) < 4.78 is 10.7. The molecule has 0 saturated carbocycles.